The highest BCUT2D eigenvalue weighted by Gasteiger charge is 1.75. The van der Waals surface area contributed by atoms with E-state index in [0.29, 0.717) is 5.82 Å². The van der Waals surface area contributed by atoms with Gasteiger partial charge in [0, 0.05) is 0 Å². The normalized spacial score (nSPS) is 10.7. The summed E-state index contributed by atoms with van der Waals surface area (Å²) in [6.07, 6.45) is 1.35. The zero-order valence-corrected chi connectivity index (χ0v) is 3.92. The van der Waals surface area contributed by atoms with E-state index in [1.165, 1.54) is 6.33 Å². The van der Waals surface area contributed by atoms with Crippen LogP contribution in [0.25, 0.3) is 0 Å². The first-order valence-electron chi connectivity index (χ1n) is 2.41. The van der Waals surface area contributed by atoms with Crippen LogP contribution in [0.5, 0.6) is 0 Å². The minimum atomic E-state index is 0.0255. The molecule has 0 N–H and O–H groups in total. The molecule has 0 saturated carbocycles. The largest absolute Gasteiger partial charge is 0.225 e. The second kappa shape index (κ2) is 1.64. The Balaban J connectivity index is 3.08. The Morgan fingerprint density at radius 3 is 3.00 bits per heavy atom. The number of aryl methyl sites for hydroxylation is 1. The van der Waals surface area contributed by atoms with E-state index in [1.807, 2.05) is 0 Å². The molecule has 0 aliphatic rings. The zero-order chi connectivity index (χ0) is 5.98. The summed E-state index contributed by atoms with van der Waals surface area (Å²) in [5, 5.41) is 0. The highest BCUT2D eigenvalue weighted by atomic mass is 15.0. The summed E-state index contributed by atoms with van der Waals surface area (Å²) >= 11 is 0. The van der Waals surface area contributed by atoms with Gasteiger partial charge in [0.25, 0.3) is 0 Å². The van der Waals surface area contributed by atoms with Gasteiger partial charge >= 0.3 is 0 Å². The minimum Gasteiger partial charge on any atom is -0.225 e. The lowest BCUT2D eigenvalue weighted by atomic mass is 10.7. The van der Waals surface area contributed by atoms with Gasteiger partial charge in [0.05, 0.1) is 0 Å². The molecule has 36 valence electrons. The van der Waals surface area contributed by atoms with Gasteiger partial charge in [-0.1, -0.05) is 0 Å². The molecule has 3 heteroatoms. The first-order valence-corrected chi connectivity index (χ1v) is 1.91. The SMILES string of the molecule is [3H]c1ncnc(C)n1. The van der Waals surface area contributed by atoms with Crippen molar-refractivity contribution in [2.75, 3.05) is 0 Å². The number of hydrogen-bond acceptors (Lipinski definition) is 3. The summed E-state index contributed by atoms with van der Waals surface area (Å²) in [6, 6.07) is 0. The molecule has 0 radical (unpaired) electrons. The number of aromatic nitrogens is 3. The van der Waals surface area contributed by atoms with Crippen LogP contribution in [0.4, 0.5) is 0 Å². The van der Waals surface area contributed by atoms with Crippen molar-refractivity contribution < 1.29 is 1.37 Å². The zero-order valence-electron chi connectivity index (χ0n) is 4.92. The van der Waals surface area contributed by atoms with Crippen molar-refractivity contribution in [3.8, 4) is 0 Å². The summed E-state index contributed by atoms with van der Waals surface area (Å²) in [7, 11) is 0. The lowest BCUT2D eigenvalue weighted by Crippen LogP contribution is -1.84. The van der Waals surface area contributed by atoms with Crippen LogP contribution < -0.4 is 0 Å². The molecule has 1 aromatic rings. The molecule has 0 amide bonds. The third-order valence-electron chi connectivity index (χ3n) is 0.572. The number of hydrogen-bond donors (Lipinski definition) is 0. The van der Waals surface area contributed by atoms with E-state index < -0.39 is 0 Å². The minimum absolute atomic E-state index is 0.0255. The van der Waals surface area contributed by atoms with E-state index >= 15 is 0 Å². The fourth-order valence-electron chi connectivity index (χ4n) is 0.268. The Hall–Kier alpha value is -0.990. The summed E-state index contributed by atoms with van der Waals surface area (Å²) in [4.78, 5) is 10.8. The van der Waals surface area contributed by atoms with E-state index in [9.17, 15) is 0 Å². The van der Waals surface area contributed by atoms with Crippen molar-refractivity contribution in [1.29, 1.82) is 0 Å². The lowest BCUT2D eigenvalue weighted by Gasteiger charge is -1.80. The number of rotatable bonds is 0. The van der Waals surface area contributed by atoms with E-state index in [2.05, 4.69) is 15.0 Å². The predicted octanol–water partition coefficient (Wildman–Crippen LogP) is 0.180. The van der Waals surface area contributed by atoms with Gasteiger partial charge in [0.1, 0.15) is 19.8 Å². The van der Waals surface area contributed by atoms with Crippen LogP contribution in [-0.4, -0.2) is 15.0 Å². The molecule has 1 heterocycles. The molecule has 0 saturated heterocycles. The Labute approximate surface area is 42.9 Å². The van der Waals surface area contributed by atoms with Crippen molar-refractivity contribution in [2.45, 2.75) is 6.92 Å². The maximum Gasteiger partial charge on any atom is 0.128 e. The molecular formula is C4H5N3. The molecule has 3 nitrogen and oxygen atoms in total. The Bertz CT molecular complexity index is 171. The van der Waals surface area contributed by atoms with Gasteiger partial charge in [-0.2, -0.15) is 0 Å². The van der Waals surface area contributed by atoms with Gasteiger partial charge < -0.3 is 0 Å². The Kier molecular flexibility index (Phi) is 0.719. The van der Waals surface area contributed by atoms with Gasteiger partial charge in [0.2, 0.25) is 0 Å². The Morgan fingerprint density at radius 1 is 1.71 bits per heavy atom. The second-order valence-electron chi connectivity index (χ2n) is 1.13. The topological polar surface area (TPSA) is 38.7 Å². The quantitative estimate of drug-likeness (QED) is 0.463. The molecule has 0 fully saturated rings. The van der Waals surface area contributed by atoms with E-state index in [0.717, 1.165) is 0 Å². The van der Waals surface area contributed by atoms with Gasteiger partial charge in [-0.15, -0.1) is 0 Å². The molecule has 0 aliphatic carbocycles. The smallest absolute Gasteiger partial charge is 0.128 e. The van der Waals surface area contributed by atoms with Crippen molar-refractivity contribution in [1.82, 2.24) is 15.0 Å². The van der Waals surface area contributed by atoms with Gasteiger partial charge in [-0.3, -0.25) is 0 Å². The fourth-order valence-corrected chi connectivity index (χ4v) is 0.268. The number of nitrogens with zero attached hydrogens (tertiary/aromatic N) is 3. The van der Waals surface area contributed by atoms with Crippen molar-refractivity contribution in [3.05, 3.63) is 18.5 Å². The van der Waals surface area contributed by atoms with E-state index in [-0.39, 0.29) is 6.30 Å². The van der Waals surface area contributed by atoms with Crippen LogP contribution in [0.2, 0.25) is 0 Å². The highest BCUT2D eigenvalue weighted by Crippen LogP contribution is 1.74. The van der Waals surface area contributed by atoms with Crippen molar-refractivity contribution >= 4 is 0 Å². The maximum absolute atomic E-state index is 6.87. The first kappa shape index (κ1) is 3.07. The van der Waals surface area contributed by atoms with Crippen LogP contribution in [-0.2, 0) is 0 Å². The predicted molar refractivity (Wildman–Crippen MR) is 24.6 cm³/mol. The first-order chi connectivity index (χ1) is 3.79. The molecule has 0 aromatic carbocycles. The fraction of sp³-hybridized carbons (Fsp3) is 0.250. The summed E-state index contributed by atoms with van der Waals surface area (Å²) in [6.45, 7) is 1.72. The van der Waals surface area contributed by atoms with E-state index in [4.69, 9.17) is 1.37 Å². The van der Waals surface area contributed by atoms with Gasteiger partial charge in [-0.25, -0.2) is 15.0 Å². The second-order valence-corrected chi connectivity index (χ2v) is 1.13. The average molecular weight is 97.1 g/mol. The lowest BCUT2D eigenvalue weighted by molar-refractivity contribution is 0.974. The third-order valence-corrected chi connectivity index (χ3v) is 0.572. The third kappa shape index (κ3) is 0.924. The van der Waals surface area contributed by atoms with Crippen molar-refractivity contribution in [2.24, 2.45) is 0 Å². The molecule has 1 aromatic heterocycles. The summed E-state index contributed by atoms with van der Waals surface area (Å²) < 4.78 is 6.87. The molecule has 0 spiro atoms. The van der Waals surface area contributed by atoms with Crippen LogP contribution >= 0.6 is 0 Å². The monoisotopic (exact) mass is 97.1 g/mol. The van der Waals surface area contributed by atoms with E-state index in [1.54, 1.807) is 6.92 Å². The van der Waals surface area contributed by atoms with Crippen molar-refractivity contribution in [3.63, 3.8) is 0 Å². The highest BCUT2D eigenvalue weighted by molar-refractivity contribution is 4.73. The van der Waals surface area contributed by atoms with Crippen LogP contribution in [0, 0.1) is 6.92 Å². The average Bonchev–Trinajstić information content (AvgIpc) is 1.64. The van der Waals surface area contributed by atoms with Crippen LogP contribution in [0.1, 0.15) is 7.20 Å². The Morgan fingerprint density at radius 2 is 2.57 bits per heavy atom. The van der Waals surface area contributed by atoms with Gasteiger partial charge in [-0.05, 0) is 6.92 Å². The molecule has 0 aliphatic heterocycles. The molecular weight excluding hydrogens is 90.1 g/mol. The maximum atomic E-state index is 6.87. The summed E-state index contributed by atoms with van der Waals surface area (Å²) in [5.41, 5.74) is 0. The molecule has 0 atom stereocenters. The standard InChI is InChI=1S/C4H5N3/c1-4-6-2-5-3-7-4/h2-3H,1H3/i2T. The molecule has 0 unspecified atom stereocenters. The van der Waals surface area contributed by atoms with Crippen LogP contribution in [0.15, 0.2) is 12.6 Å². The van der Waals surface area contributed by atoms with Crippen LogP contribution in [0.3, 0.4) is 0 Å². The molecule has 7 heavy (non-hydrogen) atoms. The molecule has 1 rings (SSSR count). The van der Waals surface area contributed by atoms with Gasteiger partial charge in [0.15, 0.2) is 0 Å². The molecule has 0 bridgehead atoms. The summed E-state index contributed by atoms with van der Waals surface area (Å²) in [5.74, 6) is 0.588.